The van der Waals surface area contributed by atoms with E-state index < -0.39 is 28.8 Å². The van der Waals surface area contributed by atoms with Gasteiger partial charge in [-0.05, 0) is 7.05 Å². The van der Waals surface area contributed by atoms with Gasteiger partial charge in [0.05, 0.1) is 25.3 Å². The minimum absolute atomic E-state index is 0.0378. The van der Waals surface area contributed by atoms with Gasteiger partial charge in [-0.1, -0.05) is 0 Å². The predicted molar refractivity (Wildman–Crippen MR) is 61.6 cm³/mol. The van der Waals surface area contributed by atoms with Crippen molar-refractivity contribution in [3.8, 4) is 5.88 Å². The molecule has 1 aliphatic heterocycles. The van der Waals surface area contributed by atoms with Crippen LogP contribution in [0, 0.1) is 0 Å². The van der Waals surface area contributed by atoms with E-state index in [1.165, 1.54) is 11.7 Å². The third-order valence-corrected chi connectivity index (χ3v) is 3.81. The fourth-order valence-electron chi connectivity index (χ4n) is 1.93. The summed E-state index contributed by atoms with van der Waals surface area (Å²) in [4.78, 5) is 0.816. The number of ether oxygens (including phenoxy) is 1. The van der Waals surface area contributed by atoms with Crippen molar-refractivity contribution in [2.24, 2.45) is 5.14 Å². The van der Waals surface area contributed by atoms with E-state index in [1.807, 2.05) is 0 Å². The van der Waals surface area contributed by atoms with Gasteiger partial charge in [0.2, 0.25) is 15.9 Å². The summed E-state index contributed by atoms with van der Waals surface area (Å²) in [5.74, 6) is -0.0378. The Hall–Kier alpha value is -1.33. The van der Waals surface area contributed by atoms with Crippen LogP contribution in [0.5, 0.6) is 5.88 Å². The normalized spacial score (nSPS) is 19.8. The molecule has 1 aromatic rings. The highest BCUT2D eigenvalue weighted by Gasteiger charge is 2.35. The van der Waals surface area contributed by atoms with Crippen LogP contribution in [0.15, 0.2) is 11.1 Å². The van der Waals surface area contributed by atoms with Crippen LogP contribution < -0.4 is 9.88 Å². The smallest absolute Gasteiger partial charge is 0.401 e. The number of aromatic nitrogens is 2. The van der Waals surface area contributed by atoms with Crippen molar-refractivity contribution in [2.45, 2.75) is 23.7 Å². The van der Waals surface area contributed by atoms with Crippen LogP contribution in [-0.2, 0) is 16.6 Å². The van der Waals surface area contributed by atoms with Crippen LogP contribution in [0.25, 0.3) is 0 Å². The van der Waals surface area contributed by atoms with Crippen molar-refractivity contribution in [1.29, 1.82) is 0 Å². The van der Waals surface area contributed by atoms with Gasteiger partial charge in [0.15, 0.2) is 4.90 Å². The van der Waals surface area contributed by atoms with Crippen molar-refractivity contribution >= 4 is 10.0 Å². The van der Waals surface area contributed by atoms with E-state index in [2.05, 4.69) is 5.10 Å². The summed E-state index contributed by atoms with van der Waals surface area (Å²) in [6.45, 7) is -1.06. The topological polar surface area (TPSA) is 90.4 Å². The molecule has 0 saturated carbocycles. The van der Waals surface area contributed by atoms with Crippen LogP contribution >= 0.6 is 0 Å². The molecule has 114 valence electrons. The average molecular weight is 314 g/mol. The van der Waals surface area contributed by atoms with Gasteiger partial charge in [0.1, 0.15) is 6.61 Å². The SMILES string of the molecule is CN(CC(F)(F)F)[C@@H]1COc2c(S(N)(=O)=O)cnn2C1. The molecule has 0 amide bonds. The standard InChI is InChI=1S/C9H13F3N4O3S/c1-15(5-9(10,11)12)6-3-16-8(19-4-6)7(2-14-16)20(13,17)18/h2,6H,3-5H2,1H3,(H2,13,17,18)/t6-/m0/s1. The number of sulfonamides is 1. The van der Waals surface area contributed by atoms with Gasteiger partial charge < -0.3 is 4.74 Å². The number of likely N-dealkylation sites (N-methyl/N-ethyl adjacent to an activating group) is 1. The molecular formula is C9H13F3N4O3S. The first-order valence-electron chi connectivity index (χ1n) is 5.56. The second kappa shape index (κ2) is 4.90. The van der Waals surface area contributed by atoms with Crippen molar-refractivity contribution in [3.63, 3.8) is 0 Å². The predicted octanol–water partition coefficient (Wildman–Crippen LogP) is -0.214. The van der Waals surface area contributed by atoms with Crippen LogP contribution in [0.4, 0.5) is 13.2 Å². The van der Waals surface area contributed by atoms with E-state index in [9.17, 15) is 21.6 Å². The Kier molecular flexibility index (Phi) is 3.69. The Bertz CT molecular complexity index is 598. The van der Waals surface area contributed by atoms with E-state index in [0.717, 1.165) is 11.1 Å². The van der Waals surface area contributed by atoms with Gasteiger partial charge in [-0.3, -0.25) is 4.90 Å². The van der Waals surface area contributed by atoms with Gasteiger partial charge >= 0.3 is 6.18 Å². The fourth-order valence-corrected chi connectivity index (χ4v) is 2.54. The van der Waals surface area contributed by atoms with E-state index >= 15 is 0 Å². The molecule has 11 heteroatoms. The average Bonchev–Trinajstić information content (AvgIpc) is 2.68. The lowest BCUT2D eigenvalue weighted by atomic mass is 10.2. The molecule has 0 aliphatic carbocycles. The van der Waals surface area contributed by atoms with Gasteiger partial charge in [-0.2, -0.15) is 18.3 Å². The van der Waals surface area contributed by atoms with Crippen molar-refractivity contribution < 1.29 is 26.3 Å². The van der Waals surface area contributed by atoms with Crippen molar-refractivity contribution in [2.75, 3.05) is 20.2 Å². The molecule has 2 N–H and O–H groups in total. The zero-order valence-electron chi connectivity index (χ0n) is 10.5. The highest BCUT2D eigenvalue weighted by Crippen LogP contribution is 2.27. The third-order valence-electron chi connectivity index (χ3n) is 2.91. The van der Waals surface area contributed by atoms with Gasteiger partial charge in [-0.15, -0.1) is 0 Å². The lowest BCUT2D eigenvalue weighted by Gasteiger charge is -2.32. The number of hydrogen-bond acceptors (Lipinski definition) is 5. The number of primary sulfonamides is 1. The molecule has 7 nitrogen and oxygen atoms in total. The largest absolute Gasteiger partial charge is 0.475 e. The number of nitrogens with zero attached hydrogens (tertiary/aromatic N) is 3. The first kappa shape index (κ1) is 15.1. The first-order chi connectivity index (χ1) is 9.08. The summed E-state index contributed by atoms with van der Waals surface area (Å²) < 4.78 is 65.9. The number of alkyl halides is 3. The minimum atomic E-state index is -4.31. The van der Waals surface area contributed by atoms with Crippen LogP contribution in [-0.4, -0.2) is 55.5 Å². The molecule has 0 unspecified atom stereocenters. The summed E-state index contributed by atoms with van der Waals surface area (Å²) in [6, 6.07) is -0.558. The highest BCUT2D eigenvalue weighted by atomic mass is 32.2. The van der Waals surface area contributed by atoms with Crippen molar-refractivity contribution in [3.05, 3.63) is 6.20 Å². The summed E-state index contributed by atoms with van der Waals surface area (Å²) >= 11 is 0. The molecule has 0 saturated heterocycles. The third kappa shape index (κ3) is 3.22. The van der Waals surface area contributed by atoms with E-state index in [1.54, 1.807) is 0 Å². The molecular weight excluding hydrogens is 301 g/mol. The zero-order chi connectivity index (χ0) is 15.1. The molecule has 1 aromatic heterocycles. The molecule has 0 bridgehead atoms. The van der Waals surface area contributed by atoms with E-state index in [4.69, 9.17) is 9.88 Å². The Labute approximate surface area is 113 Å². The molecule has 0 radical (unpaired) electrons. The van der Waals surface area contributed by atoms with Crippen molar-refractivity contribution in [1.82, 2.24) is 14.7 Å². The number of halogens is 3. The number of nitrogens with two attached hydrogens (primary N) is 1. The second-order valence-corrected chi connectivity index (χ2v) is 6.07. The number of hydrogen-bond donors (Lipinski definition) is 1. The van der Waals surface area contributed by atoms with Crippen LogP contribution in [0.2, 0.25) is 0 Å². The minimum Gasteiger partial charge on any atom is -0.475 e. The fraction of sp³-hybridized carbons (Fsp3) is 0.667. The second-order valence-electron chi connectivity index (χ2n) is 4.54. The molecule has 1 aliphatic rings. The summed E-state index contributed by atoms with van der Waals surface area (Å²) in [6.07, 6.45) is -3.29. The molecule has 0 fully saturated rings. The Morgan fingerprint density at radius 3 is 2.80 bits per heavy atom. The van der Waals surface area contributed by atoms with Crippen LogP contribution in [0.3, 0.4) is 0 Å². The maximum absolute atomic E-state index is 12.3. The van der Waals surface area contributed by atoms with Gasteiger partial charge in [0, 0.05) is 0 Å². The maximum atomic E-state index is 12.3. The quantitative estimate of drug-likeness (QED) is 0.833. The molecule has 0 aromatic carbocycles. The molecule has 2 rings (SSSR count). The monoisotopic (exact) mass is 314 g/mol. The number of fused-ring (bicyclic) bond motifs is 1. The Morgan fingerprint density at radius 2 is 2.25 bits per heavy atom. The summed E-state index contributed by atoms with van der Waals surface area (Å²) in [5.41, 5.74) is 0. The van der Waals surface area contributed by atoms with Gasteiger partial charge in [0.25, 0.3) is 0 Å². The lowest BCUT2D eigenvalue weighted by Crippen LogP contribution is -2.46. The molecule has 0 spiro atoms. The van der Waals surface area contributed by atoms with E-state index in [0.29, 0.717) is 0 Å². The summed E-state index contributed by atoms with van der Waals surface area (Å²) in [7, 11) is -2.65. The number of rotatable bonds is 3. The Morgan fingerprint density at radius 1 is 1.60 bits per heavy atom. The van der Waals surface area contributed by atoms with E-state index in [-0.39, 0.29) is 23.9 Å². The van der Waals surface area contributed by atoms with Crippen LogP contribution in [0.1, 0.15) is 0 Å². The summed E-state index contributed by atoms with van der Waals surface area (Å²) in [5, 5.41) is 8.76. The van der Waals surface area contributed by atoms with Gasteiger partial charge in [-0.25, -0.2) is 18.2 Å². The lowest BCUT2D eigenvalue weighted by molar-refractivity contribution is -0.150. The molecule has 20 heavy (non-hydrogen) atoms. The highest BCUT2D eigenvalue weighted by molar-refractivity contribution is 7.89. The zero-order valence-corrected chi connectivity index (χ0v) is 11.3. The maximum Gasteiger partial charge on any atom is 0.401 e. The first-order valence-corrected chi connectivity index (χ1v) is 7.11. The molecule has 2 heterocycles. The Balaban J connectivity index is 2.15. The molecule has 1 atom stereocenters.